The number of ether oxygens (including phenoxy) is 3. The van der Waals surface area contributed by atoms with Crippen LogP contribution in [0.5, 0.6) is 11.5 Å². The number of amides is 1. The van der Waals surface area contributed by atoms with Crippen LogP contribution in [0.15, 0.2) is 24.3 Å². The maximum absolute atomic E-state index is 11.9. The van der Waals surface area contributed by atoms with Crippen LogP contribution in [-0.4, -0.2) is 36.7 Å². The number of hydrogen-bond acceptors (Lipinski definition) is 5. The summed E-state index contributed by atoms with van der Waals surface area (Å²) in [6.45, 7) is 3.67. The van der Waals surface area contributed by atoms with Gasteiger partial charge in [0.2, 0.25) is 0 Å². The summed E-state index contributed by atoms with van der Waals surface area (Å²) in [5.41, 5.74) is 0. The van der Waals surface area contributed by atoms with Crippen molar-refractivity contribution in [2.24, 2.45) is 0 Å². The third kappa shape index (κ3) is 2.76. The molecule has 114 valence electrons. The quantitative estimate of drug-likeness (QED) is 0.926. The molecular formula is C15H20N2O4. The van der Waals surface area contributed by atoms with Gasteiger partial charge < -0.3 is 14.2 Å². The van der Waals surface area contributed by atoms with Crippen LogP contribution in [0.25, 0.3) is 0 Å². The molecule has 0 unspecified atom stereocenters. The molecule has 21 heavy (non-hydrogen) atoms. The number of nitrogens with zero attached hydrogens (tertiary/aromatic N) is 1. The molecular weight excluding hydrogens is 272 g/mol. The van der Waals surface area contributed by atoms with E-state index in [2.05, 4.69) is 5.32 Å². The summed E-state index contributed by atoms with van der Waals surface area (Å²) in [5.74, 6) is 1.25. The molecule has 3 rings (SSSR count). The monoisotopic (exact) mass is 292 g/mol. The molecule has 1 N–H and O–H groups in total. The van der Waals surface area contributed by atoms with Crippen LogP contribution in [0.3, 0.4) is 0 Å². The molecule has 0 aromatic heterocycles. The van der Waals surface area contributed by atoms with Crippen molar-refractivity contribution in [1.82, 2.24) is 10.2 Å². The summed E-state index contributed by atoms with van der Waals surface area (Å²) in [5, 5.41) is 2.73. The number of carbonyl (C=O) groups is 1. The fourth-order valence-corrected chi connectivity index (χ4v) is 2.68. The molecule has 0 radical (unpaired) electrons. The summed E-state index contributed by atoms with van der Waals surface area (Å²) in [7, 11) is 0. The first kappa shape index (κ1) is 14.0. The van der Waals surface area contributed by atoms with Crippen molar-refractivity contribution in [3.63, 3.8) is 0 Å². The van der Waals surface area contributed by atoms with Crippen LogP contribution in [-0.2, 0) is 4.74 Å². The highest BCUT2D eigenvalue weighted by Crippen LogP contribution is 2.40. The molecule has 0 saturated carbocycles. The van der Waals surface area contributed by atoms with Gasteiger partial charge in [-0.15, -0.1) is 0 Å². The maximum Gasteiger partial charge on any atom is 0.414 e. The van der Waals surface area contributed by atoms with E-state index in [0.717, 1.165) is 25.9 Å². The van der Waals surface area contributed by atoms with Gasteiger partial charge in [-0.05, 0) is 31.9 Å². The van der Waals surface area contributed by atoms with Gasteiger partial charge in [0, 0.05) is 13.1 Å². The first-order chi connectivity index (χ1) is 10.2. The third-order valence-corrected chi connectivity index (χ3v) is 3.65. The second-order valence-electron chi connectivity index (χ2n) is 5.13. The zero-order valence-corrected chi connectivity index (χ0v) is 12.1. The first-order valence-electron chi connectivity index (χ1n) is 7.40. The molecule has 1 fully saturated rings. The van der Waals surface area contributed by atoms with E-state index in [1.807, 2.05) is 29.2 Å². The van der Waals surface area contributed by atoms with Crippen LogP contribution in [0.1, 0.15) is 26.2 Å². The van der Waals surface area contributed by atoms with Crippen LogP contribution < -0.4 is 14.8 Å². The van der Waals surface area contributed by atoms with Crippen LogP contribution in [0.2, 0.25) is 0 Å². The molecule has 0 spiro atoms. The van der Waals surface area contributed by atoms with E-state index >= 15 is 0 Å². The standard InChI is InChI=1S/C15H20N2O4/c1-2-19-14(18)16-15(17-10-6-3-7-11-17)20-12-8-4-5-9-13(12)21-15/h4-5,8-9H,2-3,6-7,10-11H2,1H3,(H,16,18). The average molecular weight is 292 g/mol. The number of fused-ring (bicyclic) bond motifs is 1. The Kier molecular flexibility index (Phi) is 3.88. The molecule has 2 heterocycles. The Balaban J connectivity index is 1.84. The SMILES string of the molecule is CCOC(=O)NC1(N2CCCCC2)Oc2ccccc2O1. The normalized spacial score (nSPS) is 20.0. The van der Waals surface area contributed by atoms with Crippen molar-refractivity contribution in [2.75, 3.05) is 19.7 Å². The first-order valence-corrected chi connectivity index (χ1v) is 7.40. The minimum Gasteiger partial charge on any atom is -0.450 e. The van der Waals surface area contributed by atoms with Gasteiger partial charge in [-0.2, -0.15) is 0 Å². The highest BCUT2D eigenvalue weighted by molar-refractivity contribution is 5.68. The van der Waals surface area contributed by atoms with E-state index in [1.54, 1.807) is 6.92 Å². The number of hydrogen-bond donors (Lipinski definition) is 1. The molecule has 1 amide bonds. The second kappa shape index (κ2) is 5.81. The second-order valence-corrected chi connectivity index (χ2v) is 5.13. The Hall–Kier alpha value is -1.95. The summed E-state index contributed by atoms with van der Waals surface area (Å²) < 4.78 is 16.9. The van der Waals surface area contributed by atoms with Gasteiger partial charge in [0.1, 0.15) is 0 Å². The summed E-state index contributed by atoms with van der Waals surface area (Å²) in [4.78, 5) is 13.9. The Morgan fingerprint density at radius 3 is 2.43 bits per heavy atom. The van der Waals surface area contributed by atoms with Gasteiger partial charge in [-0.3, -0.25) is 0 Å². The van der Waals surface area contributed by atoms with E-state index < -0.39 is 12.1 Å². The van der Waals surface area contributed by atoms with E-state index in [9.17, 15) is 4.79 Å². The van der Waals surface area contributed by atoms with Gasteiger partial charge >= 0.3 is 12.1 Å². The fraction of sp³-hybridized carbons (Fsp3) is 0.533. The van der Waals surface area contributed by atoms with Crippen LogP contribution in [0, 0.1) is 0 Å². The molecule has 1 aromatic carbocycles. The number of piperidine rings is 1. The zero-order chi connectivity index (χ0) is 14.7. The highest BCUT2D eigenvalue weighted by atomic mass is 16.8. The van der Waals surface area contributed by atoms with E-state index in [-0.39, 0.29) is 0 Å². The lowest BCUT2D eigenvalue weighted by Gasteiger charge is -2.39. The van der Waals surface area contributed by atoms with Gasteiger partial charge in [-0.1, -0.05) is 18.6 Å². The van der Waals surface area contributed by atoms with Gasteiger partial charge in [0.25, 0.3) is 0 Å². The molecule has 6 nitrogen and oxygen atoms in total. The molecule has 1 aromatic rings. The molecule has 1 saturated heterocycles. The average Bonchev–Trinajstić information content (AvgIpc) is 2.87. The summed E-state index contributed by atoms with van der Waals surface area (Å²) in [6.07, 6.45) is 2.74. The van der Waals surface area contributed by atoms with Crippen LogP contribution >= 0.6 is 0 Å². The third-order valence-electron chi connectivity index (χ3n) is 3.65. The number of carbonyl (C=O) groups excluding carboxylic acids is 1. The molecule has 6 heteroatoms. The summed E-state index contributed by atoms with van der Waals surface area (Å²) >= 11 is 0. The Labute approximate surface area is 124 Å². The lowest BCUT2D eigenvalue weighted by molar-refractivity contribution is -0.221. The van der Waals surface area contributed by atoms with E-state index in [4.69, 9.17) is 14.2 Å². The van der Waals surface area contributed by atoms with Crippen molar-refractivity contribution in [3.05, 3.63) is 24.3 Å². The summed E-state index contributed by atoms with van der Waals surface area (Å²) in [6, 6.07) is 6.11. The van der Waals surface area contributed by atoms with Gasteiger partial charge in [0.05, 0.1) is 6.61 Å². The molecule has 0 aliphatic carbocycles. The van der Waals surface area contributed by atoms with Crippen molar-refractivity contribution >= 4 is 6.09 Å². The van der Waals surface area contributed by atoms with Crippen LogP contribution in [0.4, 0.5) is 4.79 Å². The topological polar surface area (TPSA) is 60.0 Å². The maximum atomic E-state index is 11.9. The largest absolute Gasteiger partial charge is 0.450 e. The zero-order valence-electron chi connectivity index (χ0n) is 12.1. The van der Waals surface area contributed by atoms with Crippen molar-refractivity contribution in [2.45, 2.75) is 32.2 Å². The number of likely N-dealkylation sites (tertiary alicyclic amines) is 1. The van der Waals surface area contributed by atoms with Crippen molar-refractivity contribution < 1.29 is 19.0 Å². The predicted octanol–water partition coefficient (Wildman–Crippen LogP) is 2.30. The molecule has 2 aliphatic rings. The fourth-order valence-electron chi connectivity index (χ4n) is 2.68. The van der Waals surface area contributed by atoms with Crippen molar-refractivity contribution in [1.29, 1.82) is 0 Å². The van der Waals surface area contributed by atoms with E-state index in [1.165, 1.54) is 6.42 Å². The number of para-hydroxylation sites is 2. The molecule has 0 bridgehead atoms. The number of alkyl carbamates (subject to hydrolysis) is 1. The molecule has 0 atom stereocenters. The van der Waals surface area contributed by atoms with Gasteiger partial charge in [0.15, 0.2) is 11.5 Å². The Morgan fingerprint density at radius 1 is 1.24 bits per heavy atom. The predicted molar refractivity (Wildman–Crippen MR) is 76.0 cm³/mol. The minimum atomic E-state index is -1.30. The number of benzene rings is 1. The Bertz CT molecular complexity index is 489. The smallest absolute Gasteiger partial charge is 0.414 e. The highest BCUT2D eigenvalue weighted by Gasteiger charge is 2.49. The number of nitrogens with one attached hydrogen (secondary N) is 1. The molecule has 2 aliphatic heterocycles. The number of rotatable bonds is 3. The minimum absolute atomic E-state index is 0.300. The lowest BCUT2D eigenvalue weighted by atomic mass is 10.1. The van der Waals surface area contributed by atoms with Gasteiger partial charge in [-0.25, -0.2) is 15.0 Å². The Morgan fingerprint density at radius 2 is 1.86 bits per heavy atom. The van der Waals surface area contributed by atoms with E-state index in [0.29, 0.717) is 18.1 Å². The van der Waals surface area contributed by atoms with Crippen molar-refractivity contribution in [3.8, 4) is 11.5 Å². The lowest BCUT2D eigenvalue weighted by Crippen LogP contribution is -2.67.